The number of aromatic nitrogens is 2. The zero-order valence-electron chi connectivity index (χ0n) is 9.13. The van der Waals surface area contributed by atoms with E-state index in [1.165, 1.54) is 0 Å². The van der Waals surface area contributed by atoms with E-state index in [-0.39, 0.29) is 0 Å². The van der Waals surface area contributed by atoms with Crippen molar-refractivity contribution in [2.45, 2.75) is 12.8 Å². The van der Waals surface area contributed by atoms with Crippen molar-refractivity contribution in [1.29, 1.82) is 0 Å². The summed E-state index contributed by atoms with van der Waals surface area (Å²) in [6, 6.07) is 5.77. The maximum absolute atomic E-state index is 5.96. The van der Waals surface area contributed by atoms with Crippen molar-refractivity contribution >= 4 is 22.6 Å². The maximum atomic E-state index is 5.96. The molecule has 1 aromatic heterocycles. The van der Waals surface area contributed by atoms with Crippen LogP contribution in [0.4, 0.5) is 0 Å². The number of hydrogen-bond donors (Lipinski definition) is 2. The van der Waals surface area contributed by atoms with Gasteiger partial charge in [0.25, 0.3) is 0 Å². The summed E-state index contributed by atoms with van der Waals surface area (Å²) < 4.78 is 0. The minimum absolute atomic E-state index is 0.492. The monoisotopic (exact) mass is 235 g/mol. The third-order valence-electron chi connectivity index (χ3n) is 3.33. The molecule has 4 heteroatoms. The average Bonchev–Trinajstić information content (AvgIpc) is 2.82. The first kappa shape index (κ1) is 10.1. The third kappa shape index (κ3) is 1.60. The summed E-state index contributed by atoms with van der Waals surface area (Å²) in [6.45, 7) is 4.34. The van der Waals surface area contributed by atoms with Crippen LogP contribution in [0.25, 0.3) is 11.0 Å². The Bertz CT molecular complexity index is 520. The first-order chi connectivity index (χ1) is 7.74. The fraction of sp³-hybridized carbons (Fsp3) is 0.417. The largest absolute Gasteiger partial charge is 0.342 e. The van der Waals surface area contributed by atoms with Crippen molar-refractivity contribution in [3.8, 4) is 0 Å². The molecule has 0 radical (unpaired) electrons. The fourth-order valence-corrected chi connectivity index (χ4v) is 2.53. The number of benzene rings is 1. The van der Waals surface area contributed by atoms with Gasteiger partial charge in [0.15, 0.2) is 0 Å². The van der Waals surface area contributed by atoms with E-state index < -0.39 is 0 Å². The summed E-state index contributed by atoms with van der Waals surface area (Å²) in [5.74, 6) is 2.21. The van der Waals surface area contributed by atoms with Crippen molar-refractivity contribution in [3.05, 3.63) is 29.0 Å². The van der Waals surface area contributed by atoms with E-state index in [1.807, 2.05) is 18.2 Å². The summed E-state index contributed by atoms with van der Waals surface area (Å²) in [5, 5.41) is 4.14. The number of rotatable bonds is 1. The highest BCUT2D eigenvalue weighted by molar-refractivity contribution is 6.31. The predicted octanol–water partition coefficient (Wildman–Crippen LogP) is 2.54. The Morgan fingerprint density at radius 3 is 3.00 bits per heavy atom. The smallest absolute Gasteiger partial charge is 0.111 e. The Morgan fingerprint density at radius 1 is 1.38 bits per heavy atom. The average molecular weight is 236 g/mol. The normalized spacial score (nSPS) is 25.4. The van der Waals surface area contributed by atoms with Crippen LogP contribution < -0.4 is 5.32 Å². The molecule has 3 rings (SSSR count). The molecule has 0 aliphatic carbocycles. The summed E-state index contributed by atoms with van der Waals surface area (Å²) >= 11 is 5.96. The van der Waals surface area contributed by atoms with Crippen molar-refractivity contribution in [2.75, 3.05) is 13.1 Å². The summed E-state index contributed by atoms with van der Waals surface area (Å²) in [7, 11) is 0. The molecule has 3 nitrogen and oxygen atoms in total. The molecule has 1 aliphatic rings. The van der Waals surface area contributed by atoms with Crippen LogP contribution in [0.15, 0.2) is 18.2 Å². The molecule has 0 amide bonds. The number of fused-ring (bicyclic) bond motifs is 1. The van der Waals surface area contributed by atoms with Crippen LogP contribution in [0.3, 0.4) is 0 Å². The number of nitrogens with zero attached hydrogens (tertiary/aromatic N) is 1. The zero-order chi connectivity index (χ0) is 11.1. The Labute approximate surface area is 99.2 Å². The number of aromatic amines is 1. The highest BCUT2D eigenvalue weighted by Gasteiger charge is 2.27. The quantitative estimate of drug-likeness (QED) is 0.798. The first-order valence-electron chi connectivity index (χ1n) is 5.60. The van der Waals surface area contributed by atoms with E-state index in [0.29, 0.717) is 11.8 Å². The molecular formula is C12H14ClN3. The van der Waals surface area contributed by atoms with Crippen LogP contribution in [-0.2, 0) is 0 Å². The lowest BCUT2D eigenvalue weighted by Gasteiger charge is -2.09. The van der Waals surface area contributed by atoms with Crippen molar-refractivity contribution in [3.63, 3.8) is 0 Å². The number of nitrogens with one attached hydrogen (secondary N) is 2. The Morgan fingerprint density at radius 2 is 2.25 bits per heavy atom. The van der Waals surface area contributed by atoms with Crippen LogP contribution in [0.2, 0.25) is 5.02 Å². The first-order valence-corrected chi connectivity index (χ1v) is 5.98. The SMILES string of the molecule is CC1CNCC1c1nc2ccc(Cl)cc2[nH]1. The molecule has 1 aromatic carbocycles. The molecule has 1 saturated heterocycles. The Balaban J connectivity index is 2.04. The van der Waals surface area contributed by atoms with Crippen LogP contribution in [0, 0.1) is 5.92 Å². The van der Waals surface area contributed by atoms with Crippen molar-refractivity contribution in [2.24, 2.45) is 5.92 Å². The third-order valence-corrected chi connectivity index (χ3v) is 3.57. The van der Waals surface area contributed by atoms with Crippen molar-refractivity contribution in [1.82, 2.24) is 15.3 Å². The van der Waals surface area contributed by atoms with E-state index in [0.717, 1.165) is 35.0 Å². The molecule has 0 saturated carbocycles. The predicted molar refractivity (Wildman–Crippen MR) is 65.9 cm³/mol. The minimum atomic E-state index is 0.492. The highest BCUT2D eigenvalue weighted by atomic mass is 35.5. The zero-order valence-corrected chi connectivity index (χ0v) is 9.88. The van der Waals surface area contributed by atoms with Crippen LogP contribution in [-0.4, -0.2) is 23.1 Å². The topological polar surface area (TPSA) is 40.7 Å². The molecule has 84 valence electrons. The van der Waals surface area contributed by atoms with Crippen LogP contribution in [0.5, 0.6) is 0 Å². The van der Waals surface area contributed by atoms with Crippen molar-refractivity contribution < 1.29 is 0 Å². The molecule has 2 atom stereocenters. The molecule has 2 unspecified atom stereocenters. The highest BCUT2D eigenvalue weighted by Crippen LogP contribution is 2.27. The molecule has 16 heavy (non-hydrogen) atoms. The van der Waals surface area contributed by atoms with Gasteiger partial charge in [-0.05, 0) is 30.7 Å². The molecule has 1 aliphatic heterocycles. The molecule has 0 bridgehead atoms. The van der Waals surface area contributed by atoms with Gasteiger partial charge in [0.2, 0.25) is 0 Å². The summed E-state index contributed by atoms with van der Waals surface area (Å²) in [6.07, 6.45) is 0. The molecule has 2 N–H and O–H groups in total. The van der Waals surface area contributed by atoms with Gasteiger partial charge in [0.05, 0.1) is 11.0 Å². The minimum Gasteiger partial charge on any atom is -0.342 e. The van der Waals surface area contributed by atoms with Gasteiger partial charge in [-0.3, -0.25) is 0 Å². The number of hydrogen-bond acceptors (Lipinski definition) is 2. The van der Waals surface area contributed by atoms with Gasteiger partial charge < -0.3 is 10.3 Å². The van der Waals surface area contributed by atoms with E-state index >= 15 is 0 Å². The van der Waals surface area contributed by atoms with Gasteiger partial charge in [0.1, 0.15) is 5.82 Å². The standard InChI is InChI=1S/C12H14ClN3/c1-7-5-14-6-9(7)12-15-10-3-2-8(13)4-11(10)16-12/h2-4,7,9,14H,5-6H2,1H3,(H,15,16). The molecule has 1 fully saturated rings. The summed E-state index contributed by atoms with van der Waals surface area (Å²) in [4.78, 5) is 8.01. The second-order valence-corrected chi connectivity index (χ2v) is 4.96. The molecular weight excluding hydrogens is 222 g/mol. The maximum Gasteiger partial charge on any atom is 0.111 e. The Hall–Kier alpha value is -1.06. The van der Waals surface area contributed by atoms with Gasteiger partial charge in [-0.1, -0.05) is 18.5 Å². The van der Waals surface area contributed by atoms with Crippen LogP contribution in [0.1, 0.15) is 18.7 Å². The lowest BCUT2D eigenvalue weighted by Crippen LogP contribution is -2.09. The second kappa shape index (κ2) is 3.75. The van der Waals surface area contributed by atoms with Gasteiger partial charge >= 0.3 is 0 Å². The van der Waals surface area contributed by atoms with Gasteiger partial charge in [-0.25, -0.2) is 4.98 Å². The molecule has 0 spiro atoms. The fourth-order valence-electron chi connectivity index (χ4n) is 2.35. The molecule has 2 aromatic rings. The number of H-pyrrole nitrogens is 1. The lowest BCUT2D eigenvalue weighted by atomic mass is 9.98. The van der Waals surface area contributed by atoms with Gasteiger partial charge in [-0.2, -0.15) is 0 Å². The van der Waals surface area contributed by atoms with Crippen LogP contribution >= 0.6 is 11.6 Å². The van der Waals surface area contributed by atoms with E-state index in [1.54, 1.807) is 0 Å². The van der Waals surface area contributed by atoms with E-state index in [9.17, 15) is 0 Å². The van der Waals surface area contributed by atoms with Gasteiger partial charge in [-0.15, -0.1) is 0 Å². The lowest BCUT2D eigenvalue weighted by molar-refractivity contribution is 0.551. The number of imidazole rings is 1. The number of halogens is 1. The Kier molecular flexibility index (Phi) is 2.37. The summed E-state index contributed by atoms with van der Waals surface area (Å²) in [5.41, 5.74) is 2.03. The van der Waals surface area contributed by atoms with E-state index in [4.69, 9.17) is 11.6 Å². The second-order valence-electron chi connectivity index (χ2n) is 4.53. The van der Waals surface area contributed by atoms with Gasteiger partial charge in [0, 0.05) is 17.5 Å². The molecule has 2 heterocycles. The van der Waals surface area contributed by atoms with E-state index in [2.05, 4.69) is 22.2 Å².